The van der Waals surface area contributed by atoms with Crippen molar-refractivity contribution in [2.45, 2.75) is 19.4 Å². The van der Waals surface area contributed by atoms with Crippen LogP contribution in [-0.4, -0.2) is 22.0 Å². The Morgan fingerprint density at radius 1 is 1.35 bits per heavy atom. The fourth-order valence-electron chi connectivity index (χ4n) is 2.30. The van der Waals surface area contributed by atoms with E-state index in [0.717, 1.165) is 16.9 Å². The average Bonchev–Trinajstić information content (AvgIpc) is 2.87. The number of hydrogen-bond donors (Lipinski definition) is 3. The molecule has 0 bridgehead atoms. The van der Waals surface area contributed by atoms with Crippen LogP contribution in [0.2, 0.25) is 0 Å². The highest BCUT2D eigenvalue weighted by Gasteiger charge is 2.27. The maximum absolute atomic E-state index is 12.2. The lowest BCUT2D eigenvalue weighted by molar-refractivity contribution is -0.116. The molecule has 1 aromatic heterocycles. The summed E-state index contributed by atoms with van der Waals surface area (Å²) in [5, 5.41) is 15.5. The number of benzene rings is 1. The normalized spacial score (nSPS) is 16.4. The maximum atomic E-state index is 12.2. The number of anilines is 2. The van der Waals surface area contributed by atoms with Crippen molar-refractivity contribution < 1.29 is 9.90 Å². The van der Waals surface area contributed by atoms with Crippen molar-refractivity contribution in [2.75, 3.05) is 10.6 Å². The van der Waals surface area contributed by atoms with Gasteiger partial charge in [0.15, 0.2) is 11.6 Å². The van der Waals surface area contributed by atoms with Crippen molar-refractivity contribution in [3.63, 3.8) is 0 Å². The second-order valence-corrected chi connectivity index (χ2v) is 4.87. The number of aryl methyl sites for hydroxylation is 1. The summed E-state index contributed by atoms with van der Waals surface area (Å²) in [6, 6.07) is 10.7. The molecule has 1 aliphatic rings. The van der Waals surface area contributed by atoms with E-state index in [2.05, 4.69) is 15.6 Å². The predicted octanol–water partition coefficient (Wildman–Crippen LogP) is 2.07. The Morgan fingerprint density at radius 2 is 2.15 bits per heavy atom. The van der Waals surface area contributed by atoms with Gasteiger partial charge in [0.1, 0.15) is 6.04 Å². The zero-order valence-corrected chi connectivity index (χ0v) is 11.1. The molecule has 0 radical (unpaired) electrons. The number of carbonyl (C=O) groups excluding carboxylic acids is 1. The fraction of sp³-hybridized carbons (Fsp3) is 0.200. The topological polar surface area (TPSA) is 74.2 Å². The van der Waals surface area contributed by atoms with Crippen LogP contribution in [0, 0.1) is 6.92 Å². The molecule has 0 saturated carbocycles. The van der Waals surface area contributed by atoms with Crippen molar-refractivity contribution in [1.29, 1.82) is 0 Å². The third kappa shape index (κ3) is 2.30. The Morgan fingerprint density at radius 3 is 2.95 bits per heavy atom. The first kappa shape index (κ1) is 12.5. The summed E-state index contributed by atoms with van der Waals surface area (Å²) in [4.78, 5) is 16.3. The van der Waals surface area contributed by atoms with Crippen LogP contribution in [0.5, 0.6) is 5.75 Å². The summed E-state index contributed by atoms with van der Waals surface area (Å²) in [7, 11) is 0. The smallest absolute Gasteiger partial charge is 0.248 e. The number of para-hydroxylation sites is 1. The van der Waals surface area contributed by atoms with Gasteiger partial charge in [-0.3, -0.25) is 4.79 Å². The Balaban J connectivity index is 1.74. The number of amides is 1. The lowest BCUT2D eigenvalue weighted by Crippen LogP contribution is -2.33. The Bertz CT molecular complexity index is 645. The second kappa shape index (κ2) is 4.85. The number of nitrogens with zero attached hydrogens (tertiary/aromatic N) is 1. The minimum absolute atomic E-state index is 0.0283. The van der Waals surface area contributed by atoms with Crippen LogP contribution in [0.4, 0.5) is 11.5 Å². The Kier molecular flexibility index (Phi) is 3.02. The predicted molar refractivity (Wildman–Crippen MR) is 76.8 cm³/mol. The number of pyridine rings is 1. The summed E-state index contributed by atoms with van der Waals surface area (Å²) in [6.07, 6.45) is 0.634. The number of fused-ring (bicyclic) bond motifs is 1. The number of nitrogens with one attached hydrogen (secondary N) is 2. The van der Waals surface area contributed by atoms with Gasteiger partial charge < -0.3 is 15.7 Å². The summed E-state index contributed by atoms with van der Waals surface area (Å²) in [5.74, 6) is -0.0261. The quantitative estimate of drug-likeness (QED) is 0.780. The van der Waals surface area contributed by atoms with Crippen molar-refractivity contribution >= 4 is 17.4 Å². The number of hydrogen-bond acceptors (Lipinski definition) is 4. The monoisotopic (exact) mass is 269 g/mol. The molecule has 0 fully saturated rings. The third-order valence-corrected chi connectivity index (χ3v) is 3.34. The molecule has 3 rings (SSSR count). The largest absolute Gasteiger partial charge is 0.504 e. The van der Waals surface area contributed by atoms with E-state index in [1.165, 1.54) is 6.07 Å². The van der Waals surface area contributed by atoms with E-state index in [-0.39, 0.29) is 23.5 Å². The molecule has 1 unspecified atom stereocenters. The first-order valence-electron chi connectivity index (χ1n) is 6.45. The molecule has 0 saturated heterocycles. The first-order valence-corrected chi connectivity index (χ1v) is 6.45. The maximum Gasteiger partial charge on any atom is 0.248 e. The zero-order chi connectivity index (χ0) is 14.1. The van der Waals surface area contributed by atoms with Gasteiger partial charge in [0, 0.05) is 17.8 Å². The van der Waals surface area contributed by atoms with Crippen LogP contribution in [-0.2, 0) is 11.2 Å². The van der Waals surface area contributed by atoms with E-state index in [9.17, 15) is 9.90 Å². The van der Waals surface area contributed by atoms with E-state index < -0.39 is 0 Å². The summed E-state index contributed by atoms with van der Waals surface area (Å²) >= 11 is 0. The van der Waals surface area contributed by atoms with Gasteiger partial charge in [-0.2, -0.15) is 0 Å². The fourth-order valence-corrected chi connectivity index (χ4v) is 2.30. The highest BCUT2D eigenvalue weighted by molar-refractivity contribution is 5.98. The Labute approximate surface area is 116 Å². The molecule has 0 aliphatic carbocycles. The minimum Gasteiger partial charge on any atom is -0.504 e. The molecule has 1 aromatic carbocycles. The van der Waals surface area contributed by atoms with Crippen LogP contribution < -0.4 is 10.6 Å². The summed E-state index contributed by atoms with van der Waals surface area (Å²) < 4.78 is 0. The van der Waals surface area contributed by atoms with Gasteiger partial charge in [-0.1, -0.05) is 18.2 Å². The SMILES string of the molecule is Cc1ccc(O)c(NC(=O)C2Cc3ccccc3N2)n1. The molecule has 1 aliphatic heterocycles. The lowest BCUT2D eigenvalue weighted by atomic mass is 10.1. The summed E-state index contributed by atoms with van der Waals surface area (Å²) in [5.41, 5.74) is 2.84. The number of rotatable bonds is 2. The van der Waals surface area contributed by atoms with Gasteiger partial charge in [-0.05, 0) is 30.7 Å². The van der Waals surface area contributed by atoms with Crippen molar-refractivity contribution in [2.24, 2.45) is 0 Å². The number of carbonyl (C=O) groups is 1. The van der Waals surface area contributed by atoms with Gasteiger partial charge in [0.05, 0.1) is 0 Å². The third-order valence-electron chi connectivity index (χ3n) is 3.34. The molecule has 2 aromatic rings. The standard InChI is InChI=1S/C15H15N3O2/c1-9-6-7-13(19)14(16-9)18-15(20)12-8-10-4-2-3-5-11(10)17-12/h2-7,12,17,19H,8H2,1H3,(H,16,18,20). The summed E-state index contributed by atoms with van der Waals surface area (Å²) in [6.45, 7) is 1.80. The van der Waals surface area contributed by atoms with Crippen LogP contribution in [0.1, 0.15) is 11.3 Å². The molecule has 3 N–H and O–H groups in total. The van der Waals surface area contributed by atoms with Crippen molar-refractivity contribution in [3.8, 4) is 5.75 Å². The van der Waals surface area contributed by atoms with Gasteiger partial charge in [-0.25, -0.2) is 4.98 Å². The highest BCUT2D eigenvalue weighted by atomic mass is 16.3. The molecule has 0 spiro atoms. The highest BCUT2D eigenvalue weighted by Crippen LogP contribution is 2.26. The Hall–Kier alpha value is -2.56. The molecule has 5 heteroatoms. The lowest BCUT2D eigenvalue weighted by Gasteiger charge is -2.12. The van der Waals surface area contributed by atoms with E-state index >= 15 is 0 Å². The molecule has 102 valence electrons. The molecular weight excluding hydrogens is 254 g/mol. The van der Waals surface area contributed by atoms with E-state index in [0.29, 0.717) is 6.42 Å². The van der Waals surface area contributed by atoms with Crippen LogP contribution in [0.25, 0.3) is 0 Å². The average molecular weight is 269 g/mol. The van der Waals surface area contributed by atoms with Gasteiger partial charge in [0.25, 0.3) is 0 Å². The van der Waals surface area contributed by atoms with E-state index in [1.54, 1.807) is 13.0 Å². The van der Waals surface area contributed by atoms with Crippen molar-refractivity contribution in [1.82, 2.24) is 4.98 Å². The zero-order valence-electron chi connectivity index (χ0n) is 11.1. The molecule has 1 amide bonds. The molecule has 2 heterocycles. The van der Waals surface area contributed by atoms with Crippen molar-refractivity contribution in [3.05, 3.63) is 47.7 Å². The van der Waals surface area contributed by atoms with E-state index in [4.69, 9.17) is 0 Å². The molecule has 20 heavy (non-hydrogen) atoms. The molecule has 1 atom stereocenters. The van der Waals surface area contributed by atoms with Crippen LogP contribution in [0.15, 0.2) is 36.4 Å². The van der Waals surface area contributed by atoms with Crippen LogP contribution >= 0.6 is 0 Å². The van der Waals surface area contributed by atoms with Gasteiger partial charge in [0.2, 0.25) is 5.91 Å². The van der Waals surface area contributed by atoms with Gasteiger partial charge in [-0.15, -0.1) is 0 Å². The number of aromatic nitrogens is 1. The number of aromatic hydroxyl groups is 1. The van der Waals surface area contributed by atoms with E-state index in [1.807, 2.05) is 24.3 Å². The van der Waals surface area contributed by atoms with Gasteiger partial charge >= 0.3 is 0 Å². The first-order chi connectivity index (χ1) is 9.63. The van der Waals surface area contributed by atoms with Crippen LogP contribution in [0.3, 0.4) is 0 Å². The minimum atomic E-state index is -0.339. The second-order valence-electron chi connectivity index (χ2n) is 4.87. The molecule has 5 nitrogen and oxygen atoms in total. The molecular formula is C15H15N3O2.